The maximum Gasteiger partial charge on any atom is 0.416 e. The first kappa shape index (κ1) is 30.1. The number of fused-ring (bicyclic) bond motifs is 1. The van der Waals surface area contributed by atoms with E-state index in [1.807, 2.05) is 36.2 Å². The number of carbonyl (C=O) groups excluding carboxylic acids is 1. The van der Waals surface area contributed by atoms with Gasteiger partial charge in [-0.1, -0.05) is 48.5 Å². The van der Waals surface area contributed by atoms with Crippen LogP contribution in [0, 0.1) is 0 Å². The highest BCUT2D eigenvalue weighted by Gasteiger charge is 2.31. The number of nitrogens with one attached hydrogen (secondary N) is 1. The van der Waals surface area contributed by atoms with E-state index < -0.39 is 29.5 Å². The predicted octanol–water partition coefficient (Wildman–Crippen LogP) is 6.70. The summed E-state index contributed by atoms with van der Waals surface area (Å²) in [6.45, 7) is 0.864. The molecule has 0 aliphatic heterocycles. The van der Waals surface area contributed by atoms with Crippen molar-refractivity contribution in [2.24, 2.45) is 0 Å². The summed E-state index contributed by atoms with van der Waals surface area (Å²) in [7, 11) is 1.85. The number of nitrogens with zero attached hydrogens (tertiary/aromatic N) is 2. The molecule has 0 saturated carbocycles. The lowest BCUT2D eigenvalue weighted by molar-refractivity contribution is -0.138. The first-order chi connectivity index (χ1) is 21.1. The number of oxazole rings is 1. The van der Waals surface area contributed by atoms with Gasteiger partial charge in [0.1, 0.15) is 23.9 Å². The minimum atomic E-state index is -4.60. The lowest BCUT2D eigenvalue weighted by Gasteiger charge is -2.19. The van der Waals surface area contributed by atoms with Gasteiger partial charge >= 0.3 is 12.1 Å². The van der Waals surface area contributed by atoms with Crippen molar-refractivity contribution in [3.63, 3.8) is 0 Å². The number of hydrogen-bond acceptors (Lipinski definition) is 7. The Morgan fingerprint density at radius 2 is 1.70 bits per heavy atom. The number of aliphatic carboxylic acids is 1. The molecule has 0 saturated heterocycles. The summed E-state index contributed by atoms with van der Waals surface area (Å²) >= 11 is 0. The van der Waals surface area contributed by atoms with Crippen molar-refractivity contribution in [3.05, 3.63) is 119 Å². The van der Waals surface area contributed by atoms with Crippen LogP contribution in [0.15, 0.2) is 101 Å². The maximum absolute atomic E-state index is 13.2. The van der Waals surface area contributed by atoms with Crippen molar-refractivity contribution >= 4 is 34.6 Å². The number of rotatable bonds is 12. The molecular formula is C33H28F3N3O5. The lowest BCUT2D eigenvalue weighted by atomic mass is 9.98. The molecule has 0 amide bonds. The molecule has 5 rings (SSSR count). The zero-order valence-electron chi connectivity index (χ0n) is 23.5. The largest absolute Gasteiger partial charge is 0.492 e. The Hall–Kier alpha value is -5.32. The van der Waals surface area contributed by atoms with E-state index in [4.69, 9.17) is 9.15 Å². The first-order valence-electron chi connectivity index (χ1n) is 13.7. The van der Waals surface area contributed by atoms with Crippen molar-refractivity contribution in [2.45, 2.75) is 18.6 Å². The number of ether oxygens (including phenoxy) is 1. The highest BCUT2D eigenvalue weighted by Crippen LogP contribution is 2.31. The van der Waals surface area contributed by atoms with Gasteiger partial charge in [0.25, 0.3) is 6.01 Å². The number of hydrogen-bond donors (Lipinski definition) is 2. The number of carboxylic acid groups (broad SMARTS) is 1. The average Bonchev–Trinajstić information content (AvgIpc) is 3.46. The maximum atomic E-state index is 13.2. The van der Waals surface area contributed by atoms with E-state index in [-0.39, 0.29) is 23.2 Å². The zero-order valence-corrected chi connectivity index (χ0v) is 23.5. The number of anilines is 2. The Morgan fingerprint density at radius 3 is 2.43 bits per heavy atom. The molecule has 0 aliphatic rings. The monoisotopic (exact) mass is 603 g/mol. The molecule has 5 aromatic rings. The van der Waals surface area contributed by atoms with Gasteiger partial charge in [-0.15, -0.1) is 0 Å². The van der Waals surface area contributed by atoms with Crippen molar-refractivity contribution in [1.29, 1.82) is 0 Å². The highest BCUT2D eigenvalue weighted by atomic mass is 19.4. The third-order valence-electron chi connectivity index (χ3n) is 6.92. The van der Waals surface area contributed by atoms with Gasteiger partial charge in [-0.3, -0.25) is 4.79 Å². The zero-order chi connectivity index (χ0) is 31.3. The number of ketones is 1. The molecule has 1 unspecified atom stereocenters. The van der Waals surface area contributed by atoms with Gasteiger partial charge in [-0.25, -0.2) is 4.79 Å². The molecule has 0 bridgehead atoms. The number of carbonyl (C=O) groups is 2. The molecule has 4 aromatic carbocycles. The van der Waals surface area contributed by atoms with Crippen molar-refractivity contribution in [3.8, 4) is 5.75 Å². The van der Waals surface area contributed by atoms with E-state index in [1.54, 1.807) is 36.4 Å². The number of benzene rings is 4. The molecule has 226 valence electrons. The van der Waals surface area contributed by atoms with Crippen LogP contribution in [0.4, 0.5) is 24.9 Å². The smallest absolute Gasteiger partial charge is 0.416 e. The molecule has 1 heterocycles. The molecule has 11 heteroatoms. The fourth-order valence-electron chi connectivity index (χ4n) is 4.56. The van der Waals surface area contributed by atoms with Crippen LogP contribution in [0.1, 0.15) is 27.0 Å². The Bertz CT molecular complexity index is 1740. The third-order valence-corrected chi connectivity index (χ3v) is 6.92. The van der Waals surface area contributed by atoms with Gasteiger partial charge in [0.2, 0.25) is 0 Å². The fraction of sp³-hybridized carbons (Fsp3) is 0.182. The van der Waals surface area contributed by atoms with Crippen molar-refractivity contribution in [1.82, 2.24) is 4.98 Å². The molecule has 0 aliphatic carbocycles. The molecular weight excluding hydrogens is 575 g/mol. The minimum absolute atomic E-state index is 0.0598. The summed E-state index contributed by atoms with van der Waals surface area (Å²) in [5, 5.41) is 12.8. The summed E-state index contributed by atoms with van der Waals surface area (Å²) in [5.74, 6) is -1.22. The first-order valence-corrected chi connectivity index (χ1v) is 13.7. The molecule has 8 nitrogen and oxygen atoms in total. The van der Waals surface area contributed by atoms with E-state index >= 15 is 0 Å². The van der Waals surface area contributed by atoms with Crippen LogP contribution in [-0.2, 0) is 17.4 Å². The Balaban J connectivity index is 1.21. The van der Waals surface area contributed by atoms with Crippen LogP contribution in [0.25, 0.3) is 11.1 Å². The topological polar surface area (TPSA) is 105 Å². The summed E-state index contributed by atoms with van der Waals surface area (Å²) in [6.07, 6.45) is -4.53. The van der Waals surface area contributed by atoms with Crippen molar-refractivity contribution in [2.75, 3.05) is 30.4 Å². The predicted molar refractivity (Wildman–Crippen MR) is 159 cm³/mol. The van der Waals surface area contributed by atoms with E-state index in [0.29, 0.717) is 36.1 Å². The highest BCUT2D eigenvalue weighted by molar-refractivity contribution is 6.12. The Morgan fingerprint density at radius 1 is 0.977 bits per heavy atom. The van der Waals surface area contributed by atoms with Crippen LogP contribution in [0.2, 0.25) is 0 Å². The van der Waals surface area contributed by atoms with E-state index in [0.717, 1.165) is 23.7 Å². The van der Waals surface area contributed by atoms with Gasteiger partial charge in [-0.2, -0.15) is 18.2 Å². The molecule has 1 atom stereocenters. The van der Waals surface area contributed by atoms with Crippen LogP contribution in [0.5, 0.6) is 5.75 Å². The lowest BCUT2D eigenvalue weighted by Crippen LogP contribution is -2.32. The van der Waals surface area contributed by atoms with Gasteiger partial charge in [0.15, 0.2) is 11.4 Å². The van der Waals surface area contributed by atoms with Crippen LogP contribution in [-0.4, -0.2) is 48.1 Å². The summed E-state index contributed by atoms with van der Waals surface area (Å²) in [5.41, 5.74) is 1.32. The van der Waals surface area contributed by atoms with Gasteiger partial charge in [0.05, 0.1) is 12.1 Å². The average molecular weight is 604 g/mol. The molecule has 0 radical (unpaired) electrons. The number of para-hydroxylation sites is 3. The second-order valence-corrected chi connectivity index (χ2v) is 10.1. The van der Waals surface area contributed by atoms with Gasteiger partial charge in [-0.05, 0) is 54.1 Å². The number of halogens is 3. The quantitative estimate of drug-likeness (QED) is 0.152. The number of likely N-dealkylation sites (N-methyl/N-ethyl adjacent to an activating group) is 1. The molecule has 44 heavy (non-hydrogen) atoms. The summed E-state index contributed by atoms with van der Waals surface area (Å²) < 4.78 is 51.2. The van der Waals surface area contributed by atoms with E-state index in [1.165, 1.54) is 18.2 Å². The van der Waals surface area contributed by atoms with E-state index in [2.05, 4.69) is 10.3 Å². The molecule has 1 aromatic heterocycles. The second-order valence-electron chi connectivity index (χ2n) is 10.1. The van der Waals surface area contributed by atoms with Gasteiger partial charge in [0, 0.05) is 30.3 Å². The Kier molecular flexibility index (Phi) is 8.84. The molecule has 0 fully saturated rings. The molecule has 0 spiro atoms. The van der Waals surface area contributed by atoms with E-state index in [9.17, 15) is 27.9 Å². The third kappa shape index (κ3) is 7.17. The fourth-order valence-corrected chi connectivity index (χ4v) is 4.56. The van der Waals surface area contributed by atoms with Gasteiger partial charge < -0.3 is 24.5 Å². The number of carboxylic acids is 1. The second kappa shape index (κ2) is 12.9. The Labute approximate surface area is 250 Å². The summed E-state index contributed by atoms with van der Waals surface area (Å²) in [6, 6.07) is 24.1. The standard InChI is InChI=1S/C33H28F3N3O5/c1-39(32-38-27-11-4-5-12-29(27)44-32)17-18-43-24-15-13-21(14-16-24)19-28(31(41)42)37-26-10-3-2-9-25(26)30(40)22-7-6-8-23(20-22)33(34,35)36/h2-16,20,28,37H,17-19H2,1H3,(H,41,42). The number of aromatic nitrogens is 1. The normalized spacial score (nSPS) is 12.1. The minimum Gasteiger partial charge on any atom is -0.492 e. The van der Waals surface area contributed by atoms with Crippen LogP contribution < -0.4 is 15.0 Å². The molecule has 2 N–H and O–H groups in total. The number of alkyl halides is 3. The summed E-state index contributed by atoms with van der Waals surface area (Å²) in [4.78, 5) is 31.6. The van der Waals surface area contributed by atoms with Crippen molar-refractivity contribution < 1.29 is 37.0 Å². The van der Waals surface area contributed by atoms with Crippen LogP contribution >= 0.6 is 0 Å². The SMILES string of the molecule is CN(CCOc1ccc(CC(Nc2ccccc2C(=O)c2cccc(C(F)(F)F)c2)C(=O)O)cc1)c1nc2ccccc2o1. The van der Waals surface area contributed by atoms with Crippen LogP contribution in [0.3, 0.4) is 0 Å².